The predicted molar refractivity (Wildman–Crippen MR) is 81.5 cm³/mol. The average molecular weight is 290 g/mol. The maximum Gasteiger partial charge on any atom is 0.420 e. The Labute approximate surface area is 123 Å². The first-order valence-corrected chi connectivity index (χ1v) is 7.69. The van der Waals surface area contributed by atoms with E-state index in [-0.39, 0.29) is 11.8 Å². The molecule has 1 aromatic carbocycles. The van der Waals surface area contributed by atoms with Gasteiger partial charge in [-0.3, -0.25) is 4.57 Å². The van der Waals surface area contributed by atoms with E-state index in [1.54, 1.807) is 4.57 Å². The third kappa shape index (κ3) is 3.04. The fourth-order valence-corrected chi connectivity index (χ4v) is 2.96. The minimum atomic E-state index is -0.279. The zero-order chi connectivity index (χ0) is 14.7. The Kier molecular flexibility index (Phi) is 4.41. The largest absolute Gasteiger partial charge is 0.420 e. The molecule has 5 nitrogen and oxygen atoms in total. The van der Waals surface area contributed by atoms with E-state index in [0.29, 0.717) is 18.0 Å². The van der Waals surface area contributed by atoms with Crippen molar-refractivity contribution in [3.8, 4) is 0 Å². The minimum absolute atomic E-state index is 0.242. The van der Waals surface area contributed by atoms with Crippen molar-refractivity contribution < 1.29 is 9.15 Å². The monoisotopic (exact) mass is 290 g/mol. The summed E-state index contributed by atoms with van der Waals surface area (Å²) in [6, 6.07) is 7.82. The van der Waals surface area contributed by atoms with Crippen LogP contribution in [0.25, 0.3) is 11.1 Å². The van der Waals surface area contributed by atoms with Gasteiger partial charge in [-0.1, -0.05) is 19.1 Å². The average Bonchev–Trinajstić information content (AvgIpc) is 3.11. The molecule has 1 aromatic heterocycles. The van der Waals surface area contributed by atoms with Crippen LogP contribution in [0.4, 0.5) is 0 Å². The van der Waals surface area contributed by atoms with Crippen LogP contribution < -0.4 is 11.1 Å². The van der Waals surface area contributed by atoms with Crippen LogP contribution in [-0.2, 0) is 11.3 Å². The molecule has 5 heteroatoms. The summed E-state index contributed by atoms with van der Waals surface area (Å²) < 4.78 is 12.6. The van der Waals surface area contributed by atoms with Crippen LogP contribution in [-0.4, -0.2) is 30.4 Å². The molecule has 0 bridgehead atoms. The van der Waals surface area contributed by atoms with Gasteiger partial charge in [-0.25, -0.2) is 4.79 Å². The first kappa shape index (κ1) is 14.4. The molecule has 2 unspecified atom stereocenters. The number of nitrogens with zero attached hydrogens (tertiary/aromatic N) is 1. The van der Waals surface area contributed by atoms with Crippen LogP contribution in [0.3, 0.4) is 0 Å². The van der Waals surface area contributed by atoms with Crippen LogP contribution in [0.1, 0.15) is 19.8 Å². The maximum atomic E-state index is 12.1. The summed E-state index contributed by atoms with van der Waals surface area (Å²) in [5, 5.41) is 3.56. The molecule has 1 aliphatic rings. The van der Waals surface area contributed by atoms with E-state index in [1.807, 2.05) is 24.3 Å². The Morgan fingerprint density at radius 3 is 3.05 bits per heavy atom. The molecular formula is C16H22N2O3. The fraction of sp³-hybridized carbons (Fsp3) is 0.562. The first-order valence-electron chi connectivity index (χ1n) is 7.69. The van der Waals surface area contributed by atoms with Crippen molar-refractivity contribution in [3.63, 3.8) is 0 Å². The van der Waals surface area contributed by atoms with Gasteiger partial charge in [-0.05, 0) is 31.5 Å². The molecule has 1 aliphatic heterocycles. The Hall–Kier alpha value is -1.59. The predicted octanol–water partition coefficient (Wildman–Crippen LogP) is 2.00. The minimum Gasteiger partial charge on any atom is -0.408 e. The summed E-state index contributed by atoms with van der Waals surface area (Å²) >= 11 is 0. The van der Waals surface area contributed by atoms with Crippen molar-refractivity contribution in [2.24, 2.45) is 5.92 Å². The molecule has 2 atom stereocenters. The lowest BCUT2D eigenvalue weighted by Crippen LogP contribution is -2.42. The molecule has 114 valence electrons. The highest BCUT2D eigenvalue weighted by atomic mass is 16.5. The topological polar surface area (TPSA) is 56.4 Å². The van der Waals surface area contributed by atoms with Crippen molar-refractivity contribution in [2.45, 2.75) is 32.4 Å². The smallest absolute Gasteiger partial charge is 0.408 e. The van der Waals surface area contributed by atoms with E-state index in [4.69, 9.17) is 9.15 Å². The number of ether oxygens (including phenoxy) is 1. The van der Waals surface area contributed by atoms with Crippen molar-refractivity contribution in [1.82, 2.24) is 9.88 Å². The zero-order valence-corrected chi connectivity index (χ0v) is 12.4. The Morgan fingerprint density at radius 2 is 2.29 bits per heavy atom. The van der Waals surface area contributed by atoms with Gasteiger partial charge < -0.3 is 14.5 Å². The van der Waals surface area contributed by atoms with E-state index in [0.717, 1.165) is 38.1 Å². The van der Waals surface area contributed by atoms with E-state index in [9.17, 15) is 4.79 Å². The van der Waals surface area contributed by atoms with Crippen molar-refractivity contribution in [3.05, 3.63) is 34.8 Å². The third-order valence-corrected chi connectivity index (χ3v) is 4.14. The molecule has 2 aromatic rings. The molecule has 2 heterocycles. The lowest BCUT2D eigenvalue weighted by Gasteiger charge is -2.23. The second-order valence-electron chi connectivity index (χ2n) is 5.63. The third-order valence-electron chi connectivity index (χ3n) is 4.14. The normalized spacial score (nSPS) is 20.1. The molecule has 0 aliphatic carbocycles. The lowest BCUT2D eigenvalue weighted by molar-refractivity contribution is 0.173. The number of nitrogens with one attached hydrogen (secondary N) is 1. The highest BCUT2D eigenvalue weighted by molar-refractivity contribution is 5.72. The lowest BCUT2D eigenvalue weighted by atomic mass is 9.98. The quantitative estimate of drug-likeness (QED) is 0.884. The molecule has 0 amide bonds. The molecule has 0 spiro atoms. The summed E-state index contributed by atoms with van der Waals surface area (Å²) in [6.07, 6.45) is 2.12. The number of aromatic nitrogens is 1. The van der Waals surface area contributed by atoms with Crippen LogP contribution in [0.2, 0.25) is 0 Å². The van der Waals surface area contributed by atoms with Crippen LogP contribution >= 0.6 is 0 Å². The van der Waals surface area contributed by atoms with E-state index in [2.05, 4.69) is 12.2 Å². The number of oxazole rings is 1. The van der Waals surface area contributed by atoms with Gasteiger partial charge in [0, 0.05) is 25.1 Å². The van der Waals surface area contributed by atoms with Gasteiger partial charge in [-0.2, -0.15) is 0 Å². The molecule has 21 heavy (non-hydrogen) atoms. The summed E-state index contributed by atoms with van der Waals surface area (Å²) in [4.78, 5) is 12.1. The molecule has 1 saturated heterocycles. The van der Waals surface area contributed by atoms with Crippen LogP contribution in [0.15, 0.2) is 33.5 Å². The SMILES string of the molecule is CCCNC(Cn1c(=O)oc2ccccc21)C1CCOC1. The van der Waals surface area contributed by atoms with Crippen molar-refractivity contribution in [1.29, 1.82) is 0 Å². The van der Waals surface area contributed by atoms with Gasteiger partial charge in [0.15, 0.2) is 5.58 Å². The van der Waals surface area contributed by atoms with Crippen LogP contribution in [0.5, 0.6) is 0 Å². The first-order chi connectivity index (χ1) is 10.3. The molecule has 0 saturated carbocycles. The van der Waals surface area contributed by atoms with Gasteiger partial charge in [0.2, 0.25) is 0 Å². The fourth-order valence-electron chi connectivity index (χ4n) is 2.96. The summed E-state index contributed by atoms with van der Waals surface area (Å²) in [6.45, 7) is 5.31. The molecule has 1 fully saturated rings. The second kappa shape index (κ2) is 6.45. The molecule has 1 N–H and O–H groups in total. The molecule has 3 rings (SSSR count). The van der Waals surface area contributed by atoms with Crippen LogP contribution in [0, 0.1) is 5.92 Å². The molecule has 0 radical (unpaired) electrons. The van der Waals surface area contributed by atoms with Gasteiger partial charge in [0.1, 0.15) is 0 Å². The van der Waals surface area contributed by atoms with Crippen molar-refractivity contribution >= 4 is 11.1 Å². The highest BCUT2D eigenvalue weighted by Crippen LogP contribution is 2.20. The van der Waals surface area contributed by atoms with E-state index >= 15 is 0 Å². The summed E-state index contributed by atoms with van der Waals surface area (Å²) in [5.74, 6) is 0.176. The van der Waals surface area contributed by atoms with E-state index < -0.39 is 0 Å². The van der Waals surface area contributed by atoms with Gasteiger partial charge in [-0.15, -0.1) is 0 Å². The number of para-hydroxylation sites is 2. The maximum absolute atomic E-state index is 12.1. The Morgan fingerprint density at radius 1 is 1.43 bits per heavy atom. The summed E-state index contributed by atoms with van der Waals surface area (Å²) in [5.41, 5.74) is 1.52. The van der Waals surface area contributed by atoms with Gasteiger partial charge in [0.25, 0.3) is 0 Å². The highest BCUT2D eigenvalue weighted by Gasteiger charge is 2.26. The molecular weight excluding hydrogens is 268 g/mol. The number of hydrogen-bond donors (Lipinski definition) is 1. The standard InChI is InChI=1S/C16H22N2O3/c1-2-8-17-13(12-7-9-20-11-12)10-18-14-5-3-4-6-15(14)21-16(18)19/h3-6,12-13,17H,2,7-11H2,1H3. The zero-order valence-electron chi connectivity index (χ0n) is 12.4. The van der Waals surface area contributed by atoms with E-state index in [1.165, 1.54) is 0 Å². The summed E-state index contributed by atoms with van der Waals surface area (Å²) in [7, 11) is 0. The van der Waals surface area contributed by atoms with Crippen molar-refractivity contribution in [2.75, 3.05) is 19.8 Å². The second-order valence-corrected chi connectivity index (χ2v) is 5.63. The Balaban J connectivity index is 1.86. The van der Waals surface area contributed by atoms with Gasteiger partial charge >= 0.3 is 5.76 Å². The number of hydrogen-bond acceptors (Lipinski definition) is 4. The van der Waals surface area contributed by atoms with Gasteiger partial charge in [0.05, 0.1) is 12.1 Å². The number of fused-ring (bicyclic) bond motifs is 1. The number of rotatable bonds is 6. The number of benzene rings is 1. The Bertz CT molecular complexity index is 640.